The Balaban J connectivity index is 2.68. The lowest BCUT2D eigenvalue weighted by Crippen LogP contribution is -2.01. The molecule has 0 spiro atoms. The first-order valence-corrected chi connectivity index (χ1v) is 5.77. The monoisotopic (exact) mass is 234 g/mol. The third-order valence-electron chi connectivity index (χ3n) is 2.21. The van der Waals surface area contributed by atoms with Gasteiger partial charge in [0.15, 0.2) is 11.5 Å². The maximum atomic E-state index is 10.7. The highest BCUT2D eigenvalue weighted by Crippen LogP contribution is 2.28. The Morgan fingerprint density at radius 1 is 1.29 bits per heavy atom. The molecular formula is C14H18O3. The van der Waals surface area contributed by atoms with Crippen molar-refractivity contribution in [3.63, 3.8) is 0 Å². The third kappa shape index (κ3) is 4.31. The number of rotatable bonds is 8. The minimum Gasteiger partial charge on any atom is -0.490 e. The molecule has 0 aliphatic heterocycles. The zero-order valence-corrected chi connectivity index (χ0v) is 10.1. The Morgan fingerprint density at radius 2 is 2.12 bits per heavy atom. The first-order chi connectivity index (χ1) is 8.31. The van der Waals surface area contributed by atoms with Gasteiger partial charge in [-0.3, -0.25) is 4.79 Å². The van der Waals surface area contributed by atoms with Crippen molar-refractivity contribution in [2.24, 2.45) is 0 Å². The Hall–Kier alpha value is -1.77. The van der Waals surface area contributed by atoms with Crippen LogP contribution in [0.25, 0.3) is 0 Å². The summed E-state index contributed by atoms with van der Waals surface area (Å²) in [6, 6.07) is 5.18. The predicted molar refractivity (Wildman–Crippen MR) is 67.9 cm³/mol. The van der Waals surface area contributed by atoms with Gasteiger partial charge < -0.3 is 9.47 Å². The normalized spacial score (nSPS) is 9.71. The van der Waals surface area contributed by atoms with Gasteiger partial charge in [0.2, 0.25) is 0 Å². The van der Waals surface area contributed by atoms with Crippen molar-refractivity contribution in [2.45, 2.75) is 19.8 Å². The predicted octanol–water partition coefficient (Wildman–Crippen LogP) is 3.24. The van der Waals surface area contributed by atoms with Crippen LogP contribution in [0.1, 0.15) is 30.1 Å². The number of aldehydes is 1. The van der Waals surface area contributed by atoms with Gasteiger partial charge in [0.1, 0.15) is 6.29 Å². The van der Waals surface area contributed by atoms with Crippen molar-refractivity contribution in [3.05, 3.63) is 36.4 Å². The highest BCUT2D eigenvalue weighted by Gasteiger charge is 2.05. The van der Waals surface area contributed by atoms with Gasteiger partial charge in [-0.1, -0.05) is 6.08 Å². The van der Waals surface area contributed by atoms with E-state index >= 15 is 0 Å². The minimum absolute atomic E-state index is 0.547. The number of ether oxygens (including phenoxy) is 2. The number of carbonyl (C=O) groups excluding carboxylic acids is 1. The smallest absolute Gasteiger partial charge is 0.161 e. The maximum absolute atomic E-state index is 10.7. The lowest BCUT2D eigenvalue weighted by atomic mass is 10.2. The van der Waals surface area contributed by atoms with Gasteiger partial charge in [0.05, 0.1) is 13.2 Å². The molecule has 0 aliphatic carbocycles. The zero-order chi connectivity index (χ0) is 12.5. The van der Waals surface area contributed by atoms with Crippen LogP contribution in [0.3, 0.4) is 0 Å². The van der Waals surface area contributed by atoms with E-state index < -0.39 is 0 Å². The molecule has 0 N–H and O–H groups in total. The lowest BCUT2D eigenvalue weighted by Gasteiger charge is -2.11. The summed E-state index contributed by atoms with van der Waals surface area (Å²) in [5.74, 6) is 1.30. The lowest BCUT2D eigenvalue weighted by molar-refractivity contribution is 0.112. The third-order valence-corrected chi connectivity index (χ3v) is 2.21. The van der Waals surface area contributed by atoms with E-state index in [-0.39, 0.29) is 0 Å². The molecule has 0 saturated heterocycles. The molecule has 1 aromatic rings. The van der Waals surface area contributed by atoms with Crippen LogP contribution in [0.5, 0.6) is 11.5 Å². The molecule has 0 amide bonds. The van der Waals surface area contributed by atoms with E-state index in [0.29, 0.717) is 30.3 Å². The number of unbranched alkanes of at least 4 members (excludes halogenated alkanes) is 1. The van der Waals surface area contributed by atoms with Crippen molar-refractivity contribution in [1.29, 1.82) is 0 Å². The standard InChI is InChI=1S/C14H18O3/c1-3-5-6-9-17-13-8-7-12(11-15)10-14(13)16-4-2/h3,7-8,10-11H,1,4-6,9H2,2H3. The van der Waals surface area contributed by atoms with Gasteiger partial charge in [0, 0.05) is 5.56 Å². The van der Waals surface area contributed by atoms with Gasteiger partial charge in [-0.2, -0.15) is 0 Å². The Kier molecular flexibility index (Phi) is 5.86. The quantitative estimate of drug-likeness (QED) is 0.393. The van der Waals surface area contributed by atoms with Crippen molar-refractivity contribution < 1.29 is 14.3 Å². The van der Waals surface area contributed by atoms with E-state index in [1.54, 1.807) is 18.2 Å². The molecular weight excluding hydrogens is 216 g/mol. The molecule has 17 heavy (non-hydrogen) atoms. The summed E-state index contributed by atoms with van der Waals surface area (Å²) in [5.41, 5.74) is 0.590. The summed E-state index contributed by atoms with van der Waals surface area (Å²) < 4.78 is 11.0. The summed E-state index contributed by atoms with van der Waals surface area (Å²) >= 11 is 0. The topological polar surface area (TPSA) is 35.5 Å². The van der Waals surface area contributed by atoms with Crippen molar-refractivity contribution in [2.75, 3.05) is 13.2 Å². The van der Waals surface area contributed by atoms with E-state index in [1.807, 2.05) is 13.0 Å². The molecule has 0 atom stereocenters. The van der Waals surface area contributed by atoms with Crippen LogP contribution in [0.4, 0.5) is 0 Å². The summed E-state index contributed by atoms with van der Waals surface area (Å²) in [6.45, 7) is 6.72. The molecule has 0 aliphatic rings. The van der Waals surface area contributed by atoms with E-state index in [9.17, 15) is 4.79 Å². The van der Waals surface area contributed by atoms with Gasteiger partial charge in [0.25, 0.3) is 0 Å². The second-order valence-electron chi connectivity index (χ2n) is 3.54. The zero-order valence-electron chi connectivity index (χ0n) is 10.1. The highest BCUT2D eigenvalue weighted by atomic mass is 16.5. The molecule has 0 saturated carbocycles. The summed E-state index contributed by atoms with van der Waals surface area (Å²) in [7, 11) is 0. The van der Waals surface area contributed by atoms with Crippen LogP contribution in [-0.4, -0.2) is 19.5 Å². The van der Waals surface area contributed by atoms with Gasteiger partial charge in [-0.05, 0) is 38.0 Å². The highest BCUT2D eigenvalue weighted by molar-refractivity contribution is 5.76. The van der Waals surface area contributed by atoms with E-state index in [2.05, 4.69) is 6.58 Å². The number of hydrogen-bond acceptors (Lipinski definition) is 3. The minimum atomic E-state index is 0.547. The van der Waals surface area contributed by atoms with Crippen LogP contribution in [0.2, 0.25) is 0 Å². The number of hydrogen-bond donors (Lipinski definition) is 0. The number of allylic oxidation sites excluding steroid dienone is 1. The Morgan fingerprint density at radius 3 is 2.76 bits per heavy atom. The van der Waals surface area contributed by atoms with Crippen LogP contribution >= 0.6 is 0 Å². The fraction of sp³-hybridized carbons (Fsp3) is 0.357. The van der Waals surface area contributed by atoms with Crippen LogP contribution in [0.15, 0.2) is 30.9 Å². The van der Waals surface area contributed by atoms with Crippen LogP contribution in [0, 0.1) is 0 Å². The van der Waals surface area contributed by atoms with E-state index in [4.69, 9.17) is 9.47 Å². The van der Waals surface area contributed by atoms with Crippen molar-refractivity contribution >= 4 is 6.29 Å². The van der Waals surface area contributed by atoms with E-state index in [1.165, 1.54) is 0 Å². The largest absolute Gasteiger partial charge is 0.490 e. The molecule has 0 fully saturated rings. The molecule has 0 heterocycles. The summed E-state index contributed by atoms with van der Waals surface area (Å²) in [5, 5.41) is 0. The molecule has 3 heteroatoms. The fourth-order valence-corrected chi connectivity index (χ4v) is 1.40. The molecule has 92 valence electrons. The fourth-order valence-electron chi connectivity index (χ4n) is 1.40. The maximum Gasteiger partial charge on any atom is 0.161 e. The molecule has 1 rings (SSSR count). The molecule has 1 aromatic carbocycles. The average Bonchev–Trinajstić information content (AvgIpc) is 2.36. The molecule has 3 nitrogen and oxygen atoms in total. The number of benzene rings is 1. The molecule has 0 unspecified atom stereocenters. The molecule has 0 radical (unpaired) electrons. The second kappa shape index (κ2) is 7.49. The first kappa shape index (κ1) is 13.3. The van der Waals surface area contributed by atoms with Gasteiger partial charge in [-0.15, -0.1) is 6.58 Å². The average molecular weight is 234 g/mol. The van der Waals surface area contributed by atoms with Crippen molar-refractivity contribution in [1.82, 2.24) is 0 Å². The summed E-state index contributed by atoms with van der Waals surface area (Å²) in [4.78, 5) is 10.7. The Bertz CT molecular complexity index is 372. The molecule has 0 aromatic heterocycles. The second-order valence-corrected chi connectivity index (χ2v) is 3.54. The first-order valence-electron chi connectivity index (χ1n) is 5.77. The summed E-state index contributed by atoms with van der Waals surface area (Å²) in [6.07, 6.45) is 4.51. The Labute approximate surface area is 102 Å². The molecule has 0 bridgehead atoms. The van der Waals surface area contributed by atoms with E-state index in [0.717, 1.165) is 19.1 Å². The van der Waals surface area contributed by atoms with Crippen LogP contribution < -0.4 is 9.47 Å². The van der Waals surface area contributed by atoms with Gasteiger partial charge >= 0.3 is 0 Å². The SMILES string of the molecule is C=CCCCOc1ccc(C=O)cc1OCC. The van der Waals surface area contributed by atoms with Gasteiger partial charge in [-0.25, -0.2) is 0 Å². The number of carbonyl (C=O) groups is 1. The van der Waals surface area contributed by atoms with Crippen LogP contribution in [-0.2, 0) is 0 Å². The van der Waals surface area contributed by atoms with Crippen molar-refractivity contribution in [3.8, 4) is 11.5 Å².